The van der Waals surface area contributed by atoms with Crippen molar-refractivity contribution in [1.82, 2.24) is 9.80 Å². The standard InChI is InChI=1S/C15H18Cl3N3O2/c1-2-3-20-4-5-21(15(20)14(19)22)6-7-23-13-11(17)8-10(16)9-12(13)18/h4-5,8-9,15H,2-3,6-7H2,1H3,(H2,19,22). The zero-order valence-electron chi connectivity index (χ0n) is 12.6. The predicted octanol–water partition coefficient (Wildman–Crippen LogP) is 3.34. The molecule has 126 valence electrons. The number of rotatable bonds is 7. The molecule has 23 heavy (non-hydrogen) atoms. The molecule has 0 radical (unpaired) electrons. The molecule has 0 spiro atoms. The molecule has 2 rings (SSSR count). The van der Waals surface area contributed by atoms with Gasteiger partial charge in [0.1, 0.15) is 6.61 Å². The summed E-state index contributed by atoms with van der Waals surface area (Å²) in [5.41, 5.74) is 5.50. The first-order chi connectivity index (χ1) is 10.9. The Labute approximate surface area is 150 Å². The molecule has 8 heteroatoms. The highest BCUT2D eigenvalue weighted by Crippen LogP contribution is 2.35. The van der Waals surface area contributed by atoms with Gasteiger partial charge in [0.25, 0.3) is 5.91 Å². The first kappa shape index (κ1) is 18.0. The first-order valence-electron chi connectivity index (χ1n) is 7.20. The molecule has 1 aromatic rings. The molecule has 1 atom stereocenters. The van der Waals surface area contributed by atoms with Gasteiger partial charge in [0, 0.05) is 24.0 Å². The van der Waals surface area contributed by atoms with Gasteiger partial charge in [-0.1, -0.05) is 41.7 Å². The van der Waals surface area contributed by atoms with Gasteiger partial charge in [-0.2, -0.15) is 0 Å². The van der Waals surface area contributed by atoms with Gasteiger partial charge in [-0.3, -0.25) is 4.79 Å². The first-order valence-corrected chi connectivity index (χ1v) is 8.34. The molecule has 0 bridgehead atoms. The third kappa shape index (κ3) is 4.37. The molecule has 0 aromatic heterocycles. The number of primary amides is 1. The van der Waals surface area contributed by atoms with E-state index in [1.807, 2.05) is 29.1 Å². The minimum absolute atomic E-state index is 0.301. The molecule has 1 aliphatic rings. The Morgan fingerprint density at radius 3 is 2.26 bits per heavy atom. The lowest BCUT2D eigenvalue weighted by Crippen LogP contribution is -2.49. The fourth-order valence-corrected chi connectivity index (χ4v) is 3.35. The van der Waals surface area contributed by atoms with E-state index in [-0.39, 0.29) is 0 Å². The predicted molar refractivity (Wildman–Crippen MR) is 92.8 cm³/mol. The molecule has 1 aromatic carbocycles. The SMILES string of the molecule is CCCN1C=CN(CCOc2c(Cl)cc(Cl)cc2Cl)C1C(N)=O. The van der Waals surface area contributed by atoms with Crippen LogP contribution in [0, 0.1) is 0 Å². The number of benzene rings is 1. The largest absolute Gasteiger partial charge is 0.489 e. The highest BCUT2D eigenvalue weighted by molar-refractivity contribution is 6.40. The average Bonchev–Trinajstić information content (AvgIpc) is 2.85. The molecule has 0 aliphatic carbocycles. The quantitative estimate of drug-likeness (QED) is 0.790. The number of carbonyl (C=O) groups is 1. The van der Waals surface area contributed by atoms with Crippen LogP contribution in [0.3, 0.4) is 0 Å². The summed E-state index contributed by atoms with van der Waals surface area (Å²) < 4.78 is 5.64. The van der Waals surface area contributed by atoms with Crippen molar-refractivity contribution in [3.8, 4) is 5.75 Å². The van der Waals surface area contributed by atoms with Crippen LogP contribution in [0.1, 0.15) is 13.3 Å². The molecule has 0 saturated heterocycles. The zero-order chi connectivity index (χ0) is 17.0. The minimum atomic E-state index is -0.491. The van der Waals surface area contributed by atoms with Crippen molar-refractivity contribution in [2.75, 3.05) is 19.7 Å². The van der Waals surface area contributed by atoms with Crippen LogP contribution in [-0.4, -0.2) is 41.6 Å². The fraction of sp³-hybridized carbons (Fsp3) is 0.400. The highest BCUT2D eigenvalue weighted by Gasteiger charge is 2.30. The van der Waals surface area contributed by atoms with Crippen LogP contribution in [0.15, 0.2) is 24.5 Å². The van der Waals surface area contributed by atoms with Gasteiger partial charge in [0.15, 0.2) is 11.9 Å². The van der Waals surface area contributed by atoms with Gasteiger partial charge in [0.05, 0.1) is 16.6 Å². The Bertz CT molecular complexity index is 587. The molecule has 1 aliphatic heterocycles. The number of nitrogens with zero attached hydrogens (tertiary/aromatic N) is 2. The molecule has 1 unspecified atom stereocenters. The summed E-state index contributed by atoms with van der Waals surface area (Å²) in [4.78, 5) is 15.4. The van der Waals surface area contributed by atoms with E-state index in [0.29, 0.717) is 34.0 Å². The lowest BCUT2D eigenvalue weighted by molar-refractivity contribution is -0.126. The van der Waals surface area contributed by atoms with Crippen LogP contribution in [-0.2, 0) is 4.79 Å². The van der Waals surface area contributed by atoms with Gasteiger partial charge in [-0.05, 0) is 18.6 Å². The van der Waals surface area contributed by atoms with Gasteiger partial charge in [-0.15, -0.1) is 0 Å². The zero-order valence-corrected chi connectivity index (χ0v) is 14.9. The van der Waals surface area contributed by atoms with Crippen molar-refractivity contribution >= 4 is 40.7 Å². The lowest BCUT2D eigenvalue weighted by atomic mass is 10.3. The molecule has 0 saturated carbocycles. The van der Waals surface area contributed by atoms with Gasteiger partial charge in [-0.25, -0.2) is 0 Å². The molecule has 5 nitrogen and oxygen atoms in total. The van der Waals surface area contributed by atoms with Gasteiger partial charge >= 0.3 is 0 Å². The molecule has 0 fully saturated rings. The Hall–Kier alpha value is -1.30. The van der Waals surface area contributed by atoms with Crippen LogP contribution in [0.2, 0.25) is 15.1 Å². The van der Waals surface area contributed by atoms with Crippen molar-refractivity contribution in [2.45, 2.75) is 19.5 Å². The number of halogens is 3. The second kappa shape index (κ2) is 7.99. The van der Waals surface area contributed by atoms with E-state index in [0.717, 1.165) is 13.0 Å². The second-order valence-electron chi connectivity index (χ2n) is 5.10. The number of nitrogens with two attached hydrogens (primary N) is 1. The van der Waals surface area contributed by atoms with Crippen LogP contribution >= 0.6 is 34.8 Å². The van der Waals surface area contributed by atoms with Gasteiger partial charge < -0.3 is 20.3 Å². The molecule has 2 N–H and O–H groups in total. The minimum Gasteiger partial charge on any atom is -0.489 e. The van der Waals surface area contributed by atoms with E-state index in [1.54, 1.807) is 12.1 Å². The van der Waals surface area contributed by atoms with Crippen LogP contribution in [0.5, 0.6) is 5.75 Å². The fourth-order valence-electron chi connectivity index (χ4n) is 2.42. The summed E-state index contributed by atoms with van der Waals surface area (Å²) in [7, 11) is 0. The van der Waals surface area contributed by atoms with Crippen molar-refractivity contribution in [1.29, 1.82) is 0 Å². The van der Waals surface area contributed by atoms with E-state index in [2.05, 4.69) is 0 Å². The van der Waals surface area contributed by atoms with Crippen LogP contribution in [0.25, 0.3) is 0 Å². The van der Waals surface area contributed by atoms with Crippen LogP contribution in [0.4, 0.5) is 0 Å². The third-order valence-corrected chi connectivity index (χ3v) is 4.15. The molecular weight excluding hydrogens is 361 g/mol. The molecule has 1 heterocycles. The summed E-state index contributed by atoms with van der Waals surface area (Å²) in [6, 6.07) is 3.13. The third-order valence-electron chi connectivity index (χ3n) is 3.37. The summed E-state index contributed by atoms with van der Waals surface area (Å²) in [5, 5.41) is 1.14. The maximum Gasteiger partial charge on any atom is 0.261 e. The maximum absolute atomic E-state index is 11.7. The van der Waals surface area contributed by atoms with Crippen LogP contribution < -0.4 is 10.5 Å². The lowest BCUT2D eigenvalue weighted by Gasteiger charge is -2.30. The van der Waals surface area contributed by atoms with Crippen molar-refractivity contribution < 1.29 is 9.53 Å². The number of hydrogen-bond donors (Lipinski definition) is 1. The van der Waals surface area contributed by atoms with E-state index < -0.39 is 12.1 Å². The average molecular weight is 379 g/mol. The molecular formula is C15H18Cl3N3O2. The summed E-state index contributed by atoms with van der Waals surface area (Å²) >= 11 is 18.0. The van der Waals surface area contributed by atoms with E-state index in [9.17, 15) is 4.79 Å². The number of carbonyl (C=O) groups excluding carboxylic acids is 1. The maximum atomic E-state index is 11.7. The van der Waals surface area contributed by atoms with E-state index >= 15 is 0 Å². The number of hydrogen-bond acceptors (Lipinski definition) is 4. The summed E-state index contributed by atoms with van der Waals surface area (Å²) in [6.07, 6.45) is 4.13. The van der Waals surface area contributed by atoms with Crippen molar-refractivity contribution in [2.24, 2.45) is 5.73 Å². The highest BCUT2D eigenvalue weighted by atomic mass is 35.5. The number of amides is 1. The normalized spacial score (nSPS) is 17.0. The Balaban J connectivity index is 1.96. The Morgan fingerprint density at radius 2 is 1.74 bits per heavy atom. The monoisotopic (exact) mass is 377 g/mol. The van der Waals surface area contributed by atoms with Crippen molar-refractivity contribution in [3.63, 3.8) is 0 Å². The Kier molecular flexibility index (Phi) is 6.27. The van der Waals surface area contributed by atoms with Gasteiger partial charge in [0.2, 0.25) is 0 Å². The van der Waals surface area contributed by atoms with E-state index in [4.69, 9.17) is 45.3 Å². The van der Waals surface area contributed by atoms with E-state index in [1.165, 1.54) is 0 Å². The molecule has 1 amide bonds. The number of ether oxygens (including phenoxy) is 1. The summed E-state index contributed by atoms with van der Waals surface area (Å²) in [5.74, 6) is -0.0204. The van der Waals surface area contributed by atoms with Crippen molar-refractivity contribution in [3.05, 3.63) is 39.6 Å². The topological polar surface area (TPSA) is 58.8 Å². The smallest absolute Gasteiger partial charge is 0.261 e. The Morgan fingerprint density at radius 1 is 1.17 bits per heavy atom. The summed E-state index contributed by atoms with van der Waals surface area (Å²) in [6.45, 7) is 3.58. The second-order valence-corrected chi connectivity index (χ2v) is 6.35.